The molecule has 0 spiro atoms. The maximum Gasteiger partial charge on any atom is 0.0306 e. The Balaban J connectivity index is 2.04. The molecule has 0 aliphatic carbocycles. The molecule has 0 radical (unpaired) electrons. The molecule has 0 aliphatic rings. The molecular formula is C16H17Br2N. The quantitative estimate of drug-likeness (QED) is 0.749. The lowest BCUT2D eigenvalue weighted by molar-refractivity contribution is 0.572. The number of rotatable bonds is 4. The Hall–Kier alpha value is -0.640. The van der Waals surface area contributed by atoms with Crippen LogP contribution in [0.3, 0.4) is 0 Å². The second kappa shape index (κ2) is 6.69. The molecule has 0 fully saturated rings. The zero-order valence-electron chi connectivity index (χ0n) is 11.1. The van der Waals surface area contributed by atoms with Crippen molar-refractivity contribution in [2.75, 3.05) is 0 Å². The monoisotopic (exact) mass is 381 g/mol. The summed E-state index contributed by atoms with van der Waals surface area (Å²) in [5.74, 6) is 0. The third-order valence-corrected chi connectivity index (χ3v) is 4.64. The molecule has 2 aromatic carbocycles. The van der Waals surface area contributed by atoms with Gasteiger partial charge in [-0.1, -0.05) is 62.2 Å². The molecule has 0 heterocycles. The summed E-state index contributed by atoms with van der Waals surface area (Å²) in [6.45, 7) is 5.14. The van der Waals surface area contributed by atoms with Crippen LogP contribution in [0.25, 0.3) is 0 Å². The molecule has 100 valence electrons. The van der Waals surface area contributed by atoms with Gasteiger partial charge >= 0.3 is 0 Å². The average molecular weight is 383 g/mol. The zero-order chi connectivity index (χ0) is 13.8. The van der Waals surface area contributed by atoms with Gasteiger partial charge in [-0.05, 0) is 42.7 Å². The van der Waals surface area contributed by atoms with Crippen molar-refractivity contribution in [1.82, 2.24) is 5.32 Å². The van der Waals surface area contributed by atoms with Gasteiger partial charge in [0.25, 0.3) is 0 Å². The van der Waals surface area contributed by atoms with Crippen molar-refractivity contribution < 1.29 is 0 Å². The lowest BCUT2D eigenvalue weighted by Gasteiger charge is -2.16. The summed E-state index contributed by atoms with van der Waals surface area (Å²) < 4.78 is 2.32. The molecule has 0 amide bonds. The molecule has 0 bridgehead atoms. The Bertz CT molecular complexity index is 566. The number of hydrogen-bond donors (Lipinski definition) is 1. The minimum absolute atomic E-state index is 0.309. The van der Waals surface area contributed by atoms with Crippen LogP contribution in [0.4, 0.5) is 0 Å². The van der Waals surface area contributed by atoms with Crippen LogP contribution in [0.15, 0.2) is 51.4 Å². The van der Waals surface area contributed by atoms with Crippen LogP contribution < -0.4 is 5.32 Å². The fourth-order valence-electron chi connectivity index (χ4n) is 1.99. The van der Waals surface area contributed by atoms with E-state index in [4.69, 9.17) is 0 Å². The Morgan fingerprint density at radius 2 is 1.79 bits per heavy atom. The number of hydrogen-bond acceptors (Lipinski definition) is 1. The fourth-order valence-corrected chi connectivity index (χ4v) is 3.26. The van der Waals surface area contributed by atoms with Gasteiger partial charge in [0.05, 0.1) is 0 Å². The summed E-state index contributed by atoms with van der Waals surface area (Å²) in [5.41, 5.74) is 3.84. The molecule has 1 atom stereocenters. The number of aryl methyl sites for hydroxylation is 1. The summed E-state index contributed by atoms with van der Waals surface area (Å²) in [5, 5.41) is 3.56. The van der Waals surface area contributed by atoms with Gasteiger partial charge in [-0.3, -0.25) is 0 Å². The van der Waals surface area contributed by atoms with Gasteiger partial charge in [0.2, 0.25) is 0 Å². The Morgan fingerprint density at radius 1 is 1.05 bits per heavy atom. The maximum absolute atomic E-state index is 3.62. The van der Waals surface area contributed by atoms with Crippen molar-refractivity contribution in [3.05, 3.63) is 68.1 Å². The molecule has 19 heavy (non-hydrogen) atoms. The van der Waals surface area contributed by atoms with E-state index < -0.39 is 0 Å². The topological polar surface area (TPSA) is 12.0 Å². The minimum atomic E-state index is 0.309. The predicted octanol–water partition coefficient (Wildman–Crippen LogP) is 5.37. The van der Waals surface area contributed by atoms with E-state index >= 15 is 0 Å². The van der Waals surface area contributed by atoms with E-state index in [2.05, 4.69) is 87.4 Å². The Morgan fingerprint density at radius 3 is 2.47 bits per heavy atom. The highest BCUT2D eigenvalue weighted by Crippen LogP contribution is 2.24. The first-order valence-corrected chi connectivity index (χ1v) is 7.89. The normalized spacial score (nSPS) is 12.4. The number of nitrogens with one attached hydrogen (secondary N) is 1. The van der Waals surface area contributed by atoms with Crippen LogP contribution in [0.1, 0.15) is 29.7 Å². The van der Waals surface area contributed by atoms with Gasteiger partial charge in [-0.25, -0.2) is 0 Å². The predicted molar refractivity (Wildman–Crippen MR) is 88.3 cm³/mol. The van der Waals surface area contributed by atoms with Crippen LogP contribution in [-0.4, -0.2) is 0 Å². The second-order valence-corrected chi connectivity index (χ2v) is 6.43. The van der Waals surface area contributed by atoms with Crippen LogP contribution in [0.2, 0.25) is 0 Å². The maximum atomic E-state index is 3.62. The first kappa shape index (κ1) is 14.8. The highest BCUT2D eigenvalue weighted by Gasteiger charge is 2.09. The molecule has 0 saturated carbocycles. The zero-order valence-corrected chi connectivity index (χ0v) is 14.3. The van der Waals surface area contributed by atoms with Crippen LogP contribution in [0, 0.1) is 6.92 Å². The minimum Gasteiger partial charge on any atom is -0.306 e. The van der Waals surface area contributed by atoms with E-state index in [1.165, 1.54) is 21.2 Å². The molecule has 0 saturated heterocycles. The molecule has 0 aliphatic heterocycles. The van der Waals surface area contributed by atoms with Crippen molar-refractivity contribution >= 4 is 31.9 Å². The van der Waals surface area contributed by atoms with E-state index in [1.807, 2.05) is 6.07 Å². The van der Waals surface area contributed by atoms with E-state index in [-0.39, 0.29) is 0 Å². The van der Waals surface area contributed by atoms with E-state index in [1.54, 1.807) is 0 Å². The molecule has 0 unspecified atom stereocenters. The largest absolute Gasteiger partial charge is 0.306 e. The van der Waals surface area contributed by atoms with Crippen molar-refractivity contribution in [2.24, 2.45) is 0 Å². The van der Waals surface area contributed by atoms with Crippen molar-refractivity contribution in [1.29, 1.82) is 0 Å². The van der Waals surface area contributed by atoms with E-state index in [0.29, 0.717) is 6.04 Å². The average Bonchev–Trinajstić information content (AvgIpc) is 2.38. The van der Waals surface area contributed by atoms with E-state index in [0.717, 1.165) is 11.0 Å². The standard InChI is InChI=1S/C16H17Br2N/c1-11-7-8-13(16(18)9-11)10-19-12(2)14-5-3-4-6-15(14)17/h3-9,12,19H,10H2,1-2H3/t12-/m1/s1. The molecule has 1 nitrogen and oxygen atoms in total. The van der Waals surface area contributed by atoms with E-state index in [9.17, 15) is 0 Å². The summed E-state index contributed by atoms with van der Waals surface area (Å²) in [7, 11) is 0. The van der Waals surface area contributed by atoms with Gasteiger partial charge in [0, 0.05) is 21.5 Å². The van der Waals surface area contributed by atoms with Crippen molar-refractivity contribution in [3.63, 3.8) is 0 Å². The first-order valence-electron chi connectivity index (χ1n) is 6.31. The van der Waals surface area contributed by atoms with Crippen molar-refractivity contribution in [3.8, 4) is 0 Å². The second-order valence-electron chi connectivity index (χ2n) is 4.72. The Kier molecular flexibility index (Phi) is 5.20. The van der Waals surface area contributed by atoms with Crippen LogP contribution in [-0.2, 0) is 6.54 Å². The number of halogens is 2. The number of benzene rings is 2. The van der Waals surface area contributed by atoms with Gasteiger partial charge < -0.3 is 5.32 Å². The molecule has 1 N–H and O–H groups in total. The molecule has 0 aromatic heterocycles. The SMILES string of the molecule is Cc1ccc(CN[C@H](C)c2ccccc2Br)c(Br)c1. The summed E-state index contributed by atoms with van der Waals surface area (Å²) in [4.78, 5) is 0. The van der Waals surface area contributed by atoms with Gasteiger partial charge in [-0.15, -0.1) is 0 Å². The third kappa shape index (κ3) is 3.91. The van der Waals surface area contributed by atoms with Crippen molar-refractivity contribution in [2.45, 2.75) is 26.4 Å². The summed E-state index contributed by atoms with van der Waals surface area (Å²) in [6.07, 6.45) is 0. The highest BCUT2D eigenvalue weighted by molar-refractivity contribution is 9.10. The van der Waals surface area contributed by atoms with Crippen LogP contribution in [0.5, 0.6) is 0 Å². The Labute approximate surface area is 131 Å². The fraction of sp³-hybridized carbons (Fsp3) is 0.250. The summed E-state index contributed by atoms with van der Waals surface area (Å²) >= 11 is 7.22. The lowest BCUT2D eigenvalue weighted by atomic mass is 10.1. The third-order valence-electron chi connectivity index (χ3n) is 3.18. The molecule has 2 rings (SSSR count). The van der Waals surface area contributed by atoms with Gasteiger partial charge in [-0.2, -0.15) is 0 Å². The van der Waals surface area contributed by atoms with Gasteiger partial charge in [0.15, 0.2) is 0 Å². The van der Waals surface area contributed by atoms with Gasteiger partial charge in [0.1, 0.15) is 0 Å². The molecular weight excluding hydrogens is 366 g/mol. The smallest absolute Gasteiger partial charge is 0.0306 e. The highest BCUT2D eigenvalue weighted by atomic mass is 79.9. The molecule has 3 heteroatoms. The molecule has 2 aromatic rings. The first-order chi connectivity index (χ1) is 9.08. The van der Waals surface area contributed by atoms with Crippen LogP contribution >= 0.6 is 31.9 Å². The lowest BCUT2D eigenvalue weighted by Crippen LogP contribution is -2.18. The summed E-state index contributed by atoms with van der Waals surface area (Å²) in [6, 6.07) is 15.1.